The minimum Gasteiger partial charge on any atom is -0.486 e. The number of rotatable bonds is 1. The van der Waals surface area contributed by atoms with Crippen molar-refractivity contribution in [2.45, 2.75) is 24.9 Å². The molecule has 138 valence electrons. The monoisotopic (exact) mass is 375 g/mol. The average Bonchev–Trinajstić information content (AvgIpc) is 3.25. The highest BCUT2D eigenvalue weighted by Gasteiger charge is 2.71. The van der Waals surface area contributed by atoms with Crippen LogP contribution in [0.25, 0.3) is 0 Å². The summed E-state index contributed by atoms with van der Waals surface area (Å²) in [5.41, 5.74) is 0.0736. The third-order valence-corrected chi connectivity index (χ3v) is 8.19. The SMILES string of the molecule is O=C1C[C@]2(CC[C@H]3[C@@H](C(=O)N4CCS(=O)(=O)CC4)[C@@H]32)Oc2ccccc21. The van der Waals surface area contributed by atoms with E-state index in [1.807, 2.05) is 18.2 Å². The fourth-order valence-corrected chi connectivity index (χ4v) is 6.44. The van der Waals surface area contributed by atoms with Gasteiger partial charge >= 0.3 is 0 Å². The van der Waals surface area contributed by atoms with E-state index in [4.69, 9.17) is 4.74 Å². The zero-order chi connectivity index (χ0) is 18.1. The van der Waals surface area contributed by atoms with E-state index in [1.54, 1.807) is 11.0 Å². The number of nitrogens with zero attached hydrogens (tertiary/aromatic N) is 1. The second-order valence-electron chi connectivity index (χ2n) is 7.99. The molecule has 1 spiro atoms. The van der Waals surface area contributed by atoms with Crippen LogP contribution < -0.4 is 4.74 Å². The van der Waals surface area contributed by atoms with Gasteiger partial charge in [-0.05, 0) is 30.9 Å². The fourth-order valence-electron chi connectivity index (χ4n) is 5.24. The summed E-state index contributed by atoms with van der Waals surface area (Å²) in [6, 6.07) is 7.32. The standard InChI is InChI=1S/C19H21NO5S/c21-14-11-19(25-15-4-2-1-3-12(14)15)6-5-13-16(17(13)19)18(22)20-7-9-26(23,24)10-8-20/h1-4,13,16-17H,5-11H2/t13-,16+,17+,19-/m0/s1. The summed E-state index contributed by atoms with van der Waals surface area (Å²) in [5, 5.41) is 0. The number of ketones is 1. The number of carbonyl (C=O) groups is 2. The molecule has 1 aromatic rings. The smallest absolute Gasteiger partial charge is 0.226 e. The summed E-state index contributed by atoms with van der Waals surface area (Å²) >= 11 is 0. The highest BCUT2D eigenvalue weighted by Crippen LogP contribution is 2.66. The molecule has 2 heterocycles. The molecule has 0 N–H and O–H groups in total. The van der Waals surface area contributed by atoms with Crippen molar-refractivity contribution in [1.82, 2.24) is 4.90 Å². The molecular weight excluding hydrogens is 354 g/mol. The highest BCUT2D eigenvalue weighted by atomic mass is 32.2. The van der Waals surface area contributed by atoms with Gasteiger partial charge < -0.3 is 9.64 Å². The van der Waals surface area contributed by atoms with Crippen LogP contribution in [0.4, 0.5) is 0 Å². The third-order valence-electron chi connectivity index (χ3n) is 6.58. The van der Waals surface area contributed by atoms with E-state index in [0.29, 0.717) is 17.7 Å². The molecule has 2 aliphatic heterocycles. The zero-order valence-electron chi connectivity index (χ0n) is 14.4. The number of benzene rings is 1. The first-order chi connectivity index (χ1) is 12.4. The summed E-state index contributed by atoms with van der Waals surface area (Å²) in [6.07, 6.45) is 2.03. The van der Waals surface area contributed by atoms with E-state index in [2.05, 4.69) is 0 Å². The Morgan fingerprint density at radius 1 is 1.19 bits per heavy atom. The van der Waals surface area contributed by atoms with Gasteiger partial charge in [-0.1, -0.05) is 12.1 Å². The molecule has 0 aromatic heterocycles. The first kappa shape index (κ1) is 16.3. The molecule has 6 nitrogen and oxygen atoms in total. The predicted octanol–water partition coefficient (Wildman–Crippen LogP) is 1.30. The molecule has 1 aromatic carbocycles. The van der Waals surface area contributed by atoms with E-state index >= 15 is 0 Å². The maximum Gasteiger partial charge on any atom is 0.226 e. The second kappa shape index (κ2) is 5.31. The van der Waals surface area contributed by atoms with Gasteiger partial charge in [-0.25, -0.2) is 8.42 Å². The third kappa shape index (κ3) is 2.32. The van der Waals surface area contributed by atoms with Crippen LogP contribution >= 0.6 is 0 Å². The van der Waals surface area contributed by atoms with Gasteiger partial charge in [-0.15, -0.1) is 0 Å². The maximum atomic E-state index is 12.9. The molecule has 3 fully saturated rings. The Balaban J connectivity index is 1.36. The lowest BCUT2D eigenvalue weighted by Crippen LogP contribution is -2.47. The molecule has 0 bridgehead atoms. The first-order valence-corrected chi connectivity index (χ1v) is 11.0. The Kier molecular flexibility index (Phi) is 3.33. The summed E-state index contributed by atoms with van der Waals surface area (Å²) in [7, 11) is -3.00. The number of fused-ring (bicyclic) bond motifs is 3. The quantitative estimate of drug-likeness (QED) is 0.739. The minimum atomic E-state index is -3.00. The summed E-state index contributed by atoms with van der Waals surface area (Å²) in [6.45, 7) is 0.569. The molecule has 2 aliphatic carbocycles. The lowest BCUT2D eigenvalue weighted by atomic mass is 9.84. The molecule has 4 aliphatic rings. The molecule has 0 radical (unpaired) electrons. The molecule has 26 heavy (non-hydrogen) atoms. The number of hydrogen-bond acceptors (Lipinski definition) is 5. The Morgan fingerprint density at radius 3 is 2.69 bits per heavy atom. The van der Waals surface area contributed by atoms with Gasteiger partial charge in [-0.2, -0.15) is 0 Å². The Bertz CT molecular complexity index is 896. The zero-order valence-corrected chi connectivity index (χ0v) is 15.2. The molecule has 0 unspecified atom stereocenters. The predicted molar refractivity (Wildman–Crippen MR) is 93.7 cm³/mol. The number of sulfone groups is 1. The van der Waals surface area contributed by atoms with Gasteiger partial charge in [0, 0.05) is 24.9 Å². The van der Waals surface area contributed by atoms with Crippen LogP contribution in [-0.4, -0.2) is 55.2 Å². The highest BCUT2D eigenvalue weighted by molar-refractivity contribution is 7.91. The van der Waals surface area contributed by atoms with E-state index in [1.165, 1.54) is 0 Å². The number of hydrogen-bond donors (Lipinski definition) is 0. The second-order valence-corrected chi connectivity index (χ2v) is 10.3. The van der Waals surface area contributed by atoms with Gasteiger partial charge in [0.05, 0.1) is 23.5 Å². The van der Waals surface area contributed by atoms with Crippen LogP contribution in [0.5, 0.6) is 5.75 Å². The van der Waals surface area contributed by atoms with E-state index in [-0.39, 0.29) is 54.0 Å². The first-order valence-electron chi connectivity index (χ1n) is 9.21. The fraction of sp³-hybridized carbons (Fsp3) is 0.579. The summed E-state index contributed by atoms with van der Waals surface area (Å²) < 4.78 is 29.5. The van der Waals surface area contributed by atoms with Crippen molar-refractivity contribution in [3.05, 3.63) is 29.8 Å². The number of para-hydroxylation sites is 1. The van der Waals surface area contributed by atoms with Crippen LogP contribution in [0.3, 0.4) is 0 Å². The Labute approximate surface area is 152 Å². The van der Waals surface area contributed by atoms with Crippen LogP contribution in [0, 0.1) is 17.8 Å². The van der Waals surface area contributed by atoms with E-state index in [9.17, 15) is 18.0 Å². The largest absolute Gasteiger partial charge is 0.486 e. The molecule has 7 heteroatoms. The van der Waals surface area contributed by atoms with Gasteiger partial charge in [0.25, 0.3) is 0 Å². The lowest BCUT2D eigenvalue weighted by Gasteiger charge is -2.37. The normalized spacial score (nSPS) is 37.0. The molecule has 1 amide bonds. The Hall–Kier alpha value is -1.89. The van der Waals surface area contributed by atoms with Crippen LogP contribution in [0.15, 0.2) is 24.3 Å². The molecular formula is C19H21NO5S. The molecule has 5 rings (SSSR count). The molecule has 4 atom stereocenters. The van der Waals surface area contributed by atoms with Crippen molar-refractivity contribution in [2.75, 3.05) is 24.6 Å². The number of Topliss-reactive ketones (excluding diaryl/α,β-unsaturated/α-hetero) is 1. The van der Waals surface area contributed by atoms with Crippen LogP contribution in [0.1, 0.15) is 29.6 Å². The number of carbonyl (C=O) groups excluding carboxylic acids is 2. The van der Waals surface area contributed by atoms with Gasteiger partial charge in [0.1, 0.15) is 11.4 Å². The number of amides is 1. The van der Waals surface area contributed by atoms with Crippen LogP contribution in [-0.2, 0) is 14.6 Å². The van der Waals surface area contributed by atoms with Gasteiger partial charge in [0.15, 0.2) is 15.6 Å². The average molecular weight is 375 g/mol. The summed E-state index contributed by atoms with van der Waals surface area (Å²) in [4.78, 5) is 27.2. The lowest BCUT2D eigenvalue weighted by molar-refractivity contribution is -0.134. The van der Waals surface area contributed by atoms with Crippen molar-refractivity contribution in [2.24, 2.45) is 17.8 Å². The van der Waals surface area contributed by atoms with E-state index in [0.717, 1.165) is 12.8 Å². The topological polar surface area (TPSA) is 80.8 Å². The minimum absolute atomic E-state index is 0.0453. The maximum absolute atomic E-state index is 12.9. The summed E-state index contributed by atoms with van der Waals surface area (Å²) in [5.74, 6) is 1.08. The molecule has 1 saturated heterocycles. The molecule has 2 saturated carbocycles. The Morgan fingerprint density at radius 2 is 1.92 bits per heavy atom. The number of ether oxygens (including phenoxy) is 1. The van der Waals surface area contributed by atoms with Crippen molar-refractivity contribution in [1.29, 1.82) is 0 Å². The van der Waals surface area contributed by atoms with Crippen molar-refractivity contribution >= 4 is 21.5 Å². The van der Waals surface area contributed by atoms with Gasteiger partial charge in [0.2, 0.25) is 5.91 Å². The van der Waals surface area contributed by atoms with Gasteiger partial charge in [-0.3, -0.25) is 9.59 Å². The van der Waals surface area contributed by atoms with Crippen molar-refractivity contribution < 1.29 is 22.7 Å². The van der Waals surface area contributed by atoms with Crippen molar-refractivity contribution in [3.8, 4) is 5.75 Å². The van der Waals surface area contributed by atoms with Crippen molar-refractivity contribution in [3.63, 3.8) is 0 Å². The van der Waals surface area contributed by atoms with E-state index < -0.39 is 15.4 Å². The van der Waals surface area contributed by atoms with Crippen LogP contribution in [0.2, 0.25) is 0 Å².